The number of esters is 1. The number of urea groups is 1. The van der Waals surface area contributed by atoms with Crippen LogP contribution in [0, 0.1) is 5.92 Å². The summed E-state index contributed by atoms with van der Waals surface area (Å²) in [4.78, 5) is 30.9. The van der Waals surface area contributed by atoms with Gasteiger partial charge in [0.25, 0.3) is 0 Å². The van der Waals surface area contributed by atoms with Crippen molar-refractivity contribution in [2.24, 2.45) is 5.92 Å². The van der Waals surface area contributed by atoms with E-state index in [4.69, 9.17) is 9.15 Å². The number of rotatable bonds is 5. The Labute approximate surface area is 159 Å². The molecule has 1 fully saturated rings. The third-order valence-corrected chi connectivity index (χ3v) is 5.39. The lowest BCUT2D eigenvalue weighted by Gasteiger charge is -2.32. The van der Waals surface area contributed by atoms with Gasteiger partial charge in [-0.15, -0.1) is 0 Å². The van der Waals surface area contributed by atoms with Crippen LogP contribution in [0.1, 0.15) is 44.9 Å². The zero-order chi connectivity index (χ0) is 19.4. The molecule has 1 N–H and O–H groups in total. The van der Waals surface area contributed by atoms with Gasteiger partial charge in [0, 0.05) is 19.0 Å². The molecule has 27 heavy (non-hydrogen) atoms. The van der Waals surface area contributed by atoms with E-state index >= 15 is 0 Å². The molecule has 0 aliphatic carbocycles. The maximum Gasteiger partial charge on any atom is 0.328 e. The van der Waals surface area contributed by atoms with Gasteiger partial charge in [0.1, 0.15) is 11.6 Å². The number of likely N-dealkylation sites (tertiary alicyclic amines) is 1. The van der Waals surface area contributed by atoms with Crippen molar-refractivity contribution < 1.29 is 18.7 Å². The fourth-order valence-electron chi connectivity index (χ4n) is 3.41. The van der Waals surface area contributed by atoms with E-state index in [0.29, 0.717) is 13.1 Å². The normalized spacial score (nSPS) is 17.5. The smallest absolute Gasteiger partial charge is 0.328 e. The molecule has 0 bridgehead atoms. The Hall–Kier alpha value is -2.57. The third-order valence-electron chi connectivity index (χ3n) is 5.39. The molecule has 1 aromatic heterocycles. The summed E-state index contributed by atoms with van der Waals surface area (Å²) in [5.74, 6) is 0.550. The molecule has 2 atom stereocenters. The average molecular weight is 373 g/mol. The first kappa shape index (κ1) is 19.2. The van der Waals surface area contributed by atoms with E-state index in [-0.39, 0.29) is 17.9 Å². The number of oxazole rings is 1. The Bertz CT molecular complexity index is 762. The van der Waals surface area contributed by atoms with Crippen molar-refractivity contribution >= 4 is 23.1 Å². The van der Waals surface area contributed by atoms with E-state index in [1.807, 2.05) is 38.1 Å². The van der Waals surface area contributed by atoms with Gasteiger partial charge in [-0.3, -0.25) is 0 Å². The minimum Gasteiger partial charge on any atom is -0.467 e. The quantitative estimate of drug-likeness (QED) is 0.813. The van der Waals surface area contributed by atoms with E-state index in [1.54, 1.807) is 4.90 Å². The van der Waals surface area contributed by atoms with E-state index in [0.717, 1.165) is 36.3 Å². The molecule has 1 aromatic carbocycles. The molecule has 2 aromatic rings. The molecule has 7 nitrogen and oxygen atoms in total. The Balaban J connectivity index is 1.59. The first-order valence-electron chi connectivity index (χ1n) is 9.52. The predicted octanol–water partition coefficient (Wildman–Crippen LogP) is 3.30. The monoisotopic (exact) mass is 373 g/mol. The maximum atomic E-state index is 12.6. The second kappa shape index (κ2) is 8.41. The molecular formula is C20H27N3O4. The number of fused-ring (bicyclic) bond motifs is 1. The number of aromatic nitrogens is 1. The number of hydrogen-bond acceptors (Lipinski definition) is 5. The molecule has 146 valence electrons. The van der Waals surface area contributed by atoms with Crippen LogP contribution in [0.25, 0.3) is 11.1 Å². The third kappa shape index (κ3) is 4.23. The summed E-state index contributed by atoms with van der Waals surface area (Å²) in [6, 6.07) is 6.88. The lowest BCUT2D eigenvalue weighted by molar-refractivity contribution is -0.144. The first-order valence-corrected chi connectivity index (χ1v) is 9.52. The summed E-state index contributed by atoms with van der Waals surface area (Å²) in [6.45, 7) is 5.12. The van der Waals surface area contributed by atoms with E-state index in [1.165, 1.54) is 7.11 Å². The molecule has 2 amide bonds. The highest BCUT2D eigenvalue weighted by atomic mass is 16.5. The van der Waals surface area contributed by atoms with Gasteiger partial charge in [-0.2, -0.15) is 0 Å². The molecule has 1 aliphatic rings. The SMILES string of the molecule is CC[C@H](C)[C@H](NC(=O)N1CCC(c2nc3ccccc3o2)CC1)C(=O)OC. The fraction of sp³-hybridized carbons (Fsp3) is 0.550. The number of nitrogens with zero attached hydrogens (tertiary/aromatic N) is 2. The summed E-state index contributed by atoms with van der Waals surface area (Å²) >= 11 is 0. The molecule has 0 unspecified atom stereocenters. The van der Waals surface area contributed by atoms with Crippen LogP contribution in [-0.4, -0.2) is 48.1 Å². The largest absolute Gasteiger partial charge is 0.467 e. The van der Waals surface area contributed by atoms with Crippen LogP contribution < -0.4 is 5.32 Å². The van der Waals surface area contributed by atoms with Crippen molar-refractivity contribution in [2.75, 3.05) is 20.2 Å². The molecule has 2 heterocycles. The zero-order valence-electron chi connectivity index (χ0n) is 16.1. The van der Waals surface area contributed by atoms with Crippen LogP contribution in [0.3, 0.4) is 0 Å². The van der Waals surface area contributed by atoms with Gasteiger partial charge in [0.2, 0.25) is 0 Å². The number of amides is 2. The Morgan fingerprint density at radius 1 is 1.33 bits per heavy atom. The maximum absolute atomic E-state index is 12.6. The van der Waals surface area contributed by atoms with Crippen LogP contribution in [-0.2, 0) is 9.53 Å². The van der Waals surface area contributed by atoms with Gasteiger partial charge in [-0.05, 0) is 30.9 Å². The number of hydrogen-bond donors (Lipinski definition) is 1. The fourth-order valence-corrected chi connectivity index (χ4v) is 3.41. The molecule has 1 saturated heterocycles. The van der Waals surface area contributed by atoms with Crippen molar-refractivity contribution in [2.45, 2.75) is 45.1 Å². The Morgan fingerprint density at radius 2 is 2.04 bits per heavy atom. The van der Waals surface area contributed by atoms with Gasteiger partial charge in [0.15, 0.2) is 11.5 Å². The molecule has 0 saturated carbocycles. The number of para-hydroxylation sites is 2. The van der Waals surface area contributed by atoms with E-state index < -0.39 is 12.0 Å². The van der Waals surface area contributed by atoms with Crippen molar-refractivity contribution in [3.05, 3.63) is 30.2 Å². The summed E-state index contributed by atoms with van der Waals surface area (Å²) < 4.78 is 10.7. The standard InChI is InChI=1S/C20H27N3O4/c1-4-13(2)17(19(24)26-3)22-20(25)23-11-9-14(10-12-23)18-21-15-7-5-6-8-16(15)27-18/h5-8,13-14,17H,4,9-12H2,1-3H3,(H,22,25)/t13-,17-/m0/s1. The molecule has 7 heteroatoms. The zero-order valence-corrected chi connectivity index (χ0v) is 16.1. The van der Waals surface area contributed by atoms with Gasteiger partial charge in [-0.1, -0.05) is 32.4 Å². The first-order chi connectivity index (χ1) is 13.0. The summed E-state index contributed by atoms with van der Waals surface area (Å²) in [5.41, 5.74) is 1.66. The highest BCUT2D eigenvalue weighted by Gasteiger charge is 2.31. The van der Waals surface area contributed by atoms with E-state index in [2.05, 4.69) is 10.3 Å². The number of benzene rings is 1. The minimum atomic E-state index is -0.623. The van der Waals surface area contributed by atoms with Crippen molar-refractivity contribution in [1.29, 1.82) is 0 Å². The van der Waals surface area contributed by atoms with Crippen LogP contribution in [0.4, 0.5) is 4.79 Å². The Morgan fingerprint density at radius 3 is 2.67 bits per heavy atom. The lowest BCUT2D eigenvalue weighted by Crippen LogP contribution is -2.52. The van der Waals surface area contributed by atoms with Gasteiger partial charge in [0.05, 0.1) is 7.11 Å². The predicted molar refractivity (Wildman–Crippen MR) is 101 cm³/mol. The summed E-state index contributed by atoms with van der Waals surface area (Å²) in [7, 11) is 1.34. The molecule has 0 spiro atoms. The highest BCUT2D eigenvalue weighted by molar-refractivity contribution is 5.83. The van der Waals surface area contributed by atoms with Gasteiger partial charge in [-0.25, -0.2) is 14.6 Å². The van der Waals surface area contributed by atoms with Gasteiger partial charge < -0.3 is 19.4 Å². The lowest BCUT2D eigenvalue weighted by atomic mass is 9.96. The molecular weight excluding hydrogens is 346 g/mol. The number of carbonyl (C=O) groups excluding carboxylic acids is 2. The summed E-state index contributed by atoms with van der Waals surface area (Å²) in [6.07, 6.45) is 2.35. The minimum absolute atomic E-state index is 0.0127. The van der Waals surface area contributed by atoms with Crippen LogP contribution in [0.5, 0.6) is 0 Å². The van der Waals surface area contributed by atoms with E-state index in [9.17, 15) is 9.59 Å². The number of ether oxygens (including phenoxy) is 1. The highest BCUT2D eigenvalue weighted by Crippen LogP contribution is 2.30. The van der Waals surface area contributed by atoms with Gasteiger partial charge >= 0.3 is 12.0 Å². The average Bonchev–Trinajstić information content (AvgIpc) is 3.15. The van der Waals surface area contributed by atoms with Crippen LogP contribution in [0.15, 0.2) is 28.7 Å². The number of piperidine rings is 1. The molecule has 0 radical (unpaired) electrons. The second-order valence-corrected chi connectivity index (χ2v) is 7.12. The topological polar surface area (TPSA) is 84.7 Å². The second-order valence-electron chi connectivity index (χ2n) is 7.12. The molecule has 1 aliphatic heterocycles. The number of methoxy groups -OCH3 is 1. The number of nitrogens with one attached hydrogen (secondary N) is 1. The van der Waals surface area contributed by atoms with Crippen LogP contribution >= 0.6 is 0 Å². The number of carbonyl (C=O) groups is 2. The molecule has 3 rings (SSSR count). The summed E-state index contributed by atoms with van der Waals surface area (Å²) in [5, 5.41) is 2.84. The van der Waals surface area contributed by atoms with Crippen molar-refractivity contribution in [1.82, 2.24) is 15.2 Å². The van der Waals surface area contributed by atoms with Crippen LogP contribution in [0.2, 0.25) is 0 Å². The van der Waals surface area contributed by atoms with Crippen molar-refractivity contribution in [3.8, 4) is 0 Å². The van der Waals surface area contributed by atoms with Crippen molar-refractivity contribution in [3.63, 3.8) is 0 Å². The Kier molecular flexibility index (Phi) is 5.98.